The zero-order valence-electron chi connectivity index (χ0n) is 19.7. The molecule has 3 aliphatic heterocycles. The Labute approximate surface area is 191 Å². The van der Waals surface area contributed by atoms with Crippen LogP contribution in [0, 0.1) is 11.8 Å². The van der Waals surface area contributed by atoms with Crippen molar-refractivity contribution in [2.45, 2.75) is 51.5 Å². The molecule has 0 aromatic carbocycles. The molecule has 3 saturated heterocycles. The highest BCUT2D eigenvalue weighted by molar-refractivity contribution is 5.81. The first kappa shape index (κ1) is 23.0. The van der Waals surface area contributed by atoms with E-state index in [2.05, 4.69) is 31.8 Å². The minimum absolute atomic E-state index is 0.0844. The molecule has 0 N–H and O–H groups in total. The lowest BCUT2D eigenvalue weighted by molar-refractivity contribution is -0.142. The van der Waals surface area contributed by atoms with Gasteiger partial charge in [-0.05, 0) is 63.6 Å². The number of likely N-dealkylation sites (N-methyl/N-ethyl adjacent to an activating group) is 1. The van der Waals surface area contributed by atoms with Gasteiger partial charge in [-0.3, -0.25) is 14.5 Å². The van der Waals surface area contributed by atoms with Crippen LogP contribution >= 0.6 is 0 Å². The number of piperidine rings is 2. The van der Waals surface area contributed by atoms with E-state index in [0.717, 1.165) is 64.1 Å². The lowest BCUT2D eigenvalue weighted by atomic mass is 9.92. The predicted molar refractivity (Wildman–Crippen MR) is 124 cm³/mol. The average molecular weight is 443 g/mol. The van der Waals surface area contributed by atoms with E-state index < -0.39 is 0 Å². The van der Waals surface area contributed by atoms with Crippen LogP contribution < -0.4 is 4.90 Å². The maximum atomic E-state index is 12.9. The van der Waals surface area contributed by atoms with Gasteiger partial charge in [0.1, 0.15) is 0 Å². The molecule has 3 aliphatic rings. The van der Waals surface area contributed by atoms with E-state index >= 15 is 0 Å². The number of carbonyl (C=O) groups excluding carboxylic acids is 2. The summed E-state index contributed by atoms with van der Waals surface area (Å²) in [5, 5.41) is 8.27. The summed E-state index contributed by atoms with van der Waals surface area (Å²) in [5.41, 5.74) is 0. The smallest absolute Gasteiger partial charge is 0.236 e. The van der Waals surface area contributed by atoms with E-state index in [1.54, 1.807) is 6.20 Å². The maximum absolute atomic E-state index is 12.9. The predicted octanol–water partition coefficient (Wildman–Crippen LogP) is 1.87. The summed E-state index contributed by atoms with van der Waals surface area (Å²) in [5.74, 6) is 2.10. The van der Waals surface area contributed by atoms with Gasteiger partial charge < -0.3 is 14.7 Å². The number of anilines is 1. The van der Waals surface area contributed by atoms with Crippen LogP contribution in [0.3, 0.4) is 0 Å². The SMILES string of the molecule is CC1CCCN(C(=O)C2CCN(C(=O)CN(C)CC3CCCN3c3cccnn3)CC2)C1. The molecule has 0 saturated carbocycles. The number of rotatable bonds is 6. The second kappa shape index (κ2) is 10.6. The summed E-state index contributed by atoms with van der Waals surface area (Å²) in [4.78, 5) is 34.3. The summed E-state index contributed by atoms with van der Waals surface area (Å²) in [6.45, 7) is 7.67. The lowest BCUT2D eigenvalue weighted by Gasteiger charge is -2.37. The molecule has 8 heteroatoms. The van der Waals surface area contributed by atoms with E-state index in [0.29, 0.717) is 37.5 Å². The van der Waals surface area contributed by atoms with Crippen molar-refractivity contribution in [2.75, 3.05) is 57.8 Å². The van der Waals surface area contributed by atoms with Crippen LogP contribution in [0.2, 0.25) is 0 Å². The first-order chi connectivity index (χ1) is 15.5. The Morgan fingerprint density at radius 1 is 1.06 bits per heavy atom. The van der Waals surface area contributed by atoms with Crippen LogP contribution in [0.4, 0.5) is 5.82 Å². The number of hydrogen-bond donors (Lipinski definition) is 0. The molecular weight excluding hydrogens is 404 g/mol. The Morgan fingerprint density at radius 2 is 1.84 bits per heavy atom. The van der Waals surface area contributed by atoms with Gasteiger partial charge in [0.05, 0.1) is 6.54 Å². The van der Waals surface area contributed by atoms with Crippen molar-refractivity contribution in [3.05, 3.63) is 18.3 Å². The molecule has 0 spiro atoms. The quantitative estimate of drug-likeness (QED) is 0.670. The summed E-state index contributed by atoms with van der Waals surface area (Å²) in [6, 6.07) is 4.29. The fourth-order valence-electron chi connectivity index (χ4n) is 5.55. The van der Waals surface area contributed by atoms with Gasteiger partial charge in [-0.1, -0.05) is 6.92 Å². The summed E-state index contributed by atoms with van der Waals surface area (Å²) in [7, 11) is 2.03. The van der Waals surface area contributed by atoms with Crippen molar-refractivity contribution in [2.24, 2.45) is 11.8 Å². The van der Waals surface area contributed by atoms with Crippen molar-refractivity contribution in [3.63, 3.8) is 0 Å². The minimum Gasteiger partial charge on any atom is -0.351 e. The van der Waals surface area contributed by atoms with Crippen LogP contribution in [-0.4, -0.2) is 95.6 Å². The molecule has 176 valence electrons. The molecule has 4 heterocycles. The third-order valence-corrected chi connectivity index (χ3v) is 7.32. The van der Waals surface area contributed by atoms with Gasteiger partial charge in [0.2, 0.25) is 11.8 Å². The Hall–Kier alpha value is -2.22. The van der Waals surface area contributed by atoms with Gasteiger partial charge in [0.15, 0.2) is 5.82 Å². The number of nitrogens with zero attached hydrogens (tertiary/aromatic N) is 6. The summed E-state index contributed by atoms with van der Waals surface area (Å²) in [6.07, 6.45) is 7.87. The molecule has 1 aromatic rings. The van der Waals surface area contributed by atoms with E-state index in [1.807, 2.05) is 24.1 Å². The first-order valence-corrected chi connectivity index (χ1v) is 12.3. The summed E-state index contributed by atoms with van der Waals surface area (Å²) < 4.78 is 0. The van der Waals surface area contributed by atoms with E-state index in [-0.39, 0.29) is 11.8 Å². The molecule has 0 aliphatic carbocycles. The zero-order valence-corrected chi connectivity index (χ0v) is 19.7. The van der Waals surface area contributed by atoms with Crippen LogP contribution in [-0.2, 0) is 9.59 Å². The third-order valence-electron chi connectivity index (χ3n) is 7.32. The monoisotopic (exact) mass is 442 g/mol. The molecule has 8 nitrogen and oxygen atoms in total. The van der Waals surface area contributed by atoms with Crippen molar-refractivity contribution in [1.29, 1.82) is 0 Å². The lowest BCUT2D eigenvalue weighted by Crippen LogP contribution is -2.49. The molecule has 3 fully saturated rings. The largest absolute Gasteiger partial charge is 0.351 e. The van der Waals surface area contributed by atoms with Crippen LogP contribution in [0.15, 0.2) is 18.3 Å². The van der Waals surface area contributed by atoms with Gasteiger partial charge in [-0.15, -0.1) is 5.10 Å². The maximum Gasteiger partial charge on any atom is 0.236 e. The summed E-state index contributed by atoms with van der Waals surface area (Å²) >= 11 is 0. The minimum atomic E-state index is 0.0844. The third kappa shape index (κ3) is 5.57. The molecule has 0 radical (unpaired) electrons. The fraction of sp³-hybridized carbons (Fsp3) is 0.750. The fourth-order valence-corrected chi connectivity index (χ4v) is 5.55. The second-order valence-corrected chi connectivity index (χ2v) is 9.95. The highest BCUT2D eigenvalue weighted by atomic mass is 16.2. The normalized spacial score (nSPS) is 24.9. The van der Waals surface area contributed by atoms with E-state index in [1.165, 1.54) is 6.42 Å². The molecular formula is C24H38N6O2. The molecule has 2 unspecified atom stereocenters. The number of aromatic nitrogens is 2. The van der Waals surface area contributed by atoms with E-state index in [4.69, 9.17) is 0 Å². The number of hydrogen-bond acceptors (Lipinski definition) is 6. The average Bonchev–Trinajstić information content (AvgIpc) is 3.27. The number of amides is 2. The zero-order chi connectivity index (χ0) is 22.5. The van der Waals surface area contributed by atoms with Crippen molar-refractivity contribution < 1.29 is 9.59 Å². The number of likely N-dealkylation sites (tertiary alicyclic amines) is 2. The van der Waals surface area contributed by atoms with Gasteiger partial charge in [0, 0.05) is 57.4 Å². The Bertz CT molecular complexity index is 767. The van der Waals surface area contributed by atoms with Gasteiger partial charge in [-0.25, -0.2) is 0 Å². The second-order valence-electron chi connectivity index (χ2n) is 9.95. The standard InChI is InChI=1S/C24H38N6O2/c1-19-6-4-12-29(16-19)24(32)20-9-14-28(15-10-20)23(31)18-27(2)17-21-7-5-13-30(21)22-8-3-11-25-26-22/h3,8,11,19-21H,4-7,9-10,12-18H2,1-2H3. The van der Waals surface area contributed by atoms with Crippen molar-refractivity contribution in [1.82, 2.24) is 24.9 Å². The van der Waals surface area contributed by atoms with Gasteiger partial charge >= 0.3 is 0 Å². The molecule has 1 aromatic heterocycles. The molecule has 32 heavy (non-hydrogen) atoms. The van der Waals surface area contributed by atoms with Crippen LogP contribution in [0.1, 0.15) is 45.4 Å². The van der Waals surface area contributed by atoms with Gasteiger partial charge in [0.25, 0.3) is 0 Å². The van der Waals surface area contributed by atoms with Crippen LogP contribution in [0.25, 0.3) is 0 Å². The van der Waals surface area contributed by atoms with Gasteiger partial charge in [-0.2, -0.15) is 5.10 Å². The highest BCUT2D eigenvalue weighted by Crippen LogP contribution is 2.25. The topological polar surface area (TPSA) is 72.9 Å². The Balaban J connectivity index is 1.22. The molecule has 0 bridgehead atoms. The van der Waals surface area contributed by atoms with Crippen LogP contribution in [0.5, 0.6) is 0 Å². The highest BCUT2D eigenvalue weighted by Gasteiger charge is 2.32. The number of carbonyl (C=O) groups is 2. The molecule has 2 atom stereocenters. The molecule has 4 rings (SSSR count). The molecule has 2 amide bonds. The van der Waals surface area contributed by atoms with Crippen molar-refractivity contribution in [3.8, 4) is 0 Å². The first-order valence-electron chi connectivity index (χ1n) is 12.3. The Kier molecular flexibility index (Phi) is 7.60. The Morgan fingerprint density at radius 3 is 2.56 bits per heavy atom. The van der Waals surface area contributed by atoms with E-state index in [9.17, 15) is 9.59 Å². The van der Waals surface area contributed by atoms with Crippen molar-refractivity contribution >= 4 is 17.6 Å².